The summed E-state index contributed by atoms with van der Waals surface area (Å²) in [7, 11) is 0. The van der Waals surface area contributed by atoms with Gasteiger partial charge in [0.1, 0.15) is 29.9 Å². The predicted octanol–water partition coefficient (Wildman–Crippen LogP) is 7.64. The molecule has 34 heavy (non-hydrogen) atoms. The van der Waals surface area contributed by atoms with E-state index in [9.17, 15) is 9.90 Å². The van der Waals surface area contributed by atoms with Crippen molar-refractivity contribution in [3.05, 3.63) is 75.2 Å². The monoisotopic (exact) mass is 466 g/mol. The summed E-state index contributed by atoms with van der Waals surface area (Å²) < 4.78 is 16.9. The van der Waals surface area contributed by atoms with Crippen molar-refractivity contribution in [2.24, 2.45) is 0 Å². The molecule has 0 saturated carbocycles. The van der Waals surface area contributed by atoms with Gasteiger partial charge in [0.25, 0.3) is 0 Å². The Morgan fingerprint density at radius 3 is 1.97 bits per heavy atom. The first-order valence-electron chi connectivity index (χ1n) is 11.8. The Bertz CT molecular complexity index is 1140. The van der Waals surface area contributed by atoms with Gasteiger partial charge in [-0.25, -0.2) is 4.79 Å². The fourth-order valence-corrected chi connectivity index (χ4v) is 3.36. The largest absolute Gasteiger partial charge is 0.503 e. The maximum Gasteiger partial charge on any atom is 0.383 e. The average Bonchev–Trinajstić information content (AvgIpc) is 2.75. The lowest BCUT2D eigenvalue weighted by Gasteiger charge is -2.11. The molecule has 0 aliphatic heterocycles. The molecule has 2 aromatic rings. The van der Waals surface area contributed by atoms with Crippen molar-refractivity contribution in [2.45, 2.75) is 67.2 Å². The summed E-state index contributed by atoms with van der Waals surface area (Å²) >= 11 is 0. The zero-order valence-corrected chi connectivity index (χ0v) is 21.4. The van der Waals surface area contributed by atoms with Crippen LogP contribution in [0.1, 0.15) is 67.2 Å². The van der Waals surface area contributed by atoms with E-state index in [0.29, 0.717) is 17.7 Å². The summed E-state index contributed by atoms with van der Waals surface area (Å²) in [6, 6.07) is 5.09. The number of hydrogen-bond acceptors (Lipinski definition) is 5. The van der Waals surface area contributed by atoms with Crippen LogP contribution in [-0.2, 0) is 0 Å². The molecule has 2 rings (SSSR count). The van der Waals surface area contributed by atoms with E-state index in [-0.39, 0.29) is 23.7 Å². The van der Waals surface area contributed by atoms with Crippen molar-refractivity contribution in [3.8, 4) is 17.2 Å². The van der Waals surface area contributed by atoms with Crippen LogP contribution in [-0.4, -0.2) is 18.3 Å². The Morgan fingerprint density at radius 1 is 0.853 bits per heavy atom. The van der Waals surface area contributed by atoms with Crippen LogP contribution in [0.15, 0.2) is 74.0 Å². The zero-order valence-electron chi connectivity index (χ0n) is 21.4. The van der Waals surface area contributed by atoms with Gasteiger partial charge < -0.3 is 19.0 Å². The van der Waals surface area contributed by atoms with Crippen LogP contribution in [0.3, 0.4) is 0 Å². The highest BCUT2D eigenvalue weighted by atomic mass is 16.5. The number of rotatable bonds is 12. The molecule has 0 fully saturated rings. The highest BCUT2D eigenvalue weighted by molar-refractivity contribution is 5.91. The molecule has 0 unspecified atom stereocenters. The highest BCUT2D eigenvalue weighted by Crippen LogP contribution is 2.37. The Hall–Kier alpha value is -3.21. The van der Waals surface area contributed by atoms with E-state index >= 15 is 0 Å². The molecule has 1 N–H and O–H groups in total. The molecule has 0 aliphatic carbocycles. The molecule has 0 radical (unpaired) electrons. The topological polar surface area (TPSA) is 68.9 Å². The lowest BCUT2D eigenvalue weighted by Crippen LogP contribution is -2.08. The van der Waals surface area contributed by atoms with Gasteiger partial charge in [-0.15, -0.1) is 0 Å². The van der Waals surface area contributed by atoms with Crippen molar-refractivity contribution in [1.82, 2.24) is 0 Å². The van der Waals surface area contributed by atoms with E-state index in [1.54, 1.807) is 18.2 Å². The molecule has 1 aromatic heterocycles. The third-order valence-electron chi connectivity index (χ3n) is 5.34. The maximum absolute atomic E-state index is 12.4. The quantitative estimate of drug-likeness (QED) is 0.257. The van der Waals surface area contributed by atoms with Gasteiger partial charge in [-0.1, -0.05) is 40.5 Å². The van der Waals surface area contributed by atoms with E-state index in [1.807, 2.05) is 19.1 Å². The van der Waals surface area contributed by atoms with E-state index in [1.165, 1.54) is 16.7 Å². The molecule has 0 aliphatic rings. The summed E-state index contributed by atoms with van der Waals surface area (Å²) in [6.45, 7) is 12.9. The second-order valence-corrected chi connectivity index (χ2v) is 9.06. The molecule has 0 amide bonds. The normalized spacial score (nSPS) is 11.9. The van der Waals surface area contributed by atoms with Gasteiger partial charge in [0.15, 0.2) is 5.75 Å². The summed E-state index contributed by atoms with van der Waals surface area (Å²) in [5.74, 6) is -0.0301. The Kier molecular flexibility index (Phi) is 10.7. The molecular formula is C29H38O5. The second kappa shape index (κ2) is 13.5. The number of allylic oxidation sites excluding steroid dienone is 6. The van der Waals surface area contributed by atoms with E-state index in [4.69, 9.17) is 13.9 Å². The molecule has 1 aromatic carbocycles. The lowest BCUT2D eigenvalue weighted by atomic mass is 10.1. The number of benzene rings is 1. The van der Waals surface area contributed by atoms with Crippen LogP contribution in [0.25, 0.3) is 11.0 Å². The SMILES string of the molecule is CC(C)=CCC/C(C)=C/COc1c(O)c2c(OC/C=C(\C)CCC=C(C)C)cccc2oc1=O. The van der Waals surface area contributed by atoms with Crippen LogP contribution in [0, 0.1) is 0 Å². The molecular weight excluding hydrogens is 428 g/mol. The minimum atomic E-state index is -0.715. The Labute approximate surface area is 203 Å². The van der Waals surface area contributed by atoms with Crippen LogP contribution >= 0.6 is 0 Å². The second-order valence-electron chi connectivity index (χ2n) is 9.06. The van der Waals surface area contributed by atoms with Gasteiger partial charge in [-0.2, -0.15) is 0 Å². The van der Waals surface area contributed by atoms with Gasteiger partial charge in [0.05, 0.1) is 0 Å². The summed E-state index contributed by atoms with van der Waals surface area (Å²) in [6.07, 6.45) is 12.1. The zero-order chi connectivity index (χ0) is 25.1. The fourth-order valence-electron chi connectivity index (χ4n) is 3.36. The first kappa shape index (κ1) is 27.0. The van der Waals surface area contributed by atoms with Crippen LogP contribution in [0.5, 0.6) is 17.2 Å². The molecule has 0 atom stereocenters. The summed E-state index contributed by atoms with van der Waals surface area (Å²) in [5.41, 5.74) is 4.51. The van der Waals surface area contributed by atoms with Gasteiger partial charge in [-0.3, -0.25) is 0 Å². The Morgan fingerprint density at radius 2 is 1.41 bits per heavy atom. The number of ether oxygens (including phenoxy) is 2. The van der Waals surface area contributed by atoms with Gasteiger partial charge >= 0.3 is 5.63 Å². The van der Waals surface area contributed by atoms with Crippen molar-refractivity contribution in [3.63, 3.8) is 0 Å². The standard InChI is InChI=1S/C29H38O5/c1-20(2)10-7-12-22(5)16-18-32-24-14-9-15-25-26(24)27(30)28(29(31)34-25)33-19-17-23(6)13-8-11-21(3)4/h9-11,14-17,30H,7-8,12-13,18-19H2,1-6H3/b22-16+,23-17+. The summed E-state index contributed by atoms with van der Waals surface area (Å²) in [4.78, 5) is 12.4. The summed E-state index contributed by atoms with van der Waals surface area (Å²) in [5, 5.41) is 11.2. The Balaban J connectivity index is 2.14. The van der Waals surface area contributed by atoms with Crippen molar-refractivity contribution >= 4 is 11.0 Å². The molecule has 0 bridgehead atoms. The van der Waals surface area contributed by atoms with Crippen LogP contribution in [0.4, 0.5) is 0 Å². The maximum atomic E-state index is 12.4. The molecule has 184 valence electrons. The van der Waals surface area contributed by atoms with Crippen LogP contribution < -0.4 is 15.1 Å². The van der Waals surface area contributed by atoms with Gasteiger partial charge in [-0.05, 0) is 91.5 Å². The molecule has 1 heterocycles. The van der Waals surface area contributed by atoms with Gasteiger partial charge in [0, 0.05) is 0 Å². The molecule has 0 spiro atoms. The number of fused-ring (bicyclic) bond motifs is 1. The first-order chi connectivity index (χ1) is 16.2. The number of hydrogen-bond donors (Lipinski definition) is 1. The predicted molar refractivity (Wildman–Crippen MR) is 140 cm³/mol. The fraction of sp³-hybridized carbons (Fsp3) is 0.414. The number of aromatic hydroxyl groups is 1. The highest BCUT2D eigenvalue weighted by Gasteiger charge is 2.18. The molecule has 5 nitrogen and oxygen atoms in total. The van der Waals surface area contributed by atoms with E-state index in [2.05, 4.69) is 46.8 Å². The minimum Gasteiger partial charge on any atom is -0.503 e. The minimum absolute atomic E-state index is 0.168. The third-order valence-corrected chi connectivity index (χ3v) is 5.34. The molecule has 5 heteroatoms. The van der Waals surface area contributed by atoms with E-state index < -0.39 is 5.63 Å². The van der Waals surface area contributed by atoms with Crippen LogP contribution in [0.2, 0.25) is 0 Å². The van der Waals surface area contributed by atoms with Gasteiger partial charge in [0.2, 0.25) is 5.75 Å². The third kappa shape index (κ3) is 8.62. The molecule has 0 saturated heterocycles. The van der Waals surface area contributed by atoms with Crippen molar-refractivity contribution in [2.75, 3.05) is 13.2 Å². The first-order valence-corrected chi connectivity index (χ1v) is 11.8. The lowest BCUT2D eigenvalue weighted by molar-refractivity contribution is 0.314. The van der Waals surface area contributed by atoms with Crippen molar-refractivity contribution in [1.29, 1.82) is 0 Å². The van der Waals surface area contributed by atoms with E-state index in [0.717, 1.165) is 31.3 Å². The van der Waals surface area contributed by atoms with Crippen molar-refractivity contribution < 1.29 is 19.0 Å². The average molecular weight is 467 g/mol. The smallest absolute Gasteiger partial charge is 0.383 e.